The quantitative estimate of drug-likeness (QED) is 0.132. The molecule has 13 nitrogen and oxygen atoms in total. The standard InChI is InChI=1S/C42H43Cl2N7O6/c1-42(2,3)57-41(55)50(21-25-11-15-33(52)46-25)20-24-10-13-30(49-39(24)56-4)29-7-5-6-27(34(29)43)28-16-17-45-36(35(28)44)22-9-14-31-32(19-22)48-38(47-31)37-23-8-12-26(18-23)51(37)40(53)54/h5-7,9-10,13-14,16-17,19,23,25-26,37H,8,11-12,15,18,20-21H2,1-4H3,(H,46,52)(H,47,48)(H,53,54)/t23-,25-,26+,37-/m0/s1. The van der Waals surface area contributed by atoms with Crippen LogP contribution in [0.4, 0.5) is 9.59 Å². The summed E-state index contributed by atoms with van der Waals surface area (Å²) in [5, 5.41) is 13.7. The Morgan fingerprint density at radius 3 is 2.53 bits per heavy atom. The molecule has 3 aliphatic rings. The van der Waals surface area contributed by atoms with Crippen molar-refractivity contribution < 1.29 is 29.0 Å². The van der Waals surface area contributed by atoms with Crippen molar-refractivity contribution in [1.82, 2.24) is 35.1 Å². The number of fused-ring (bicyclic) bond motifs is 3. The van der Waals surface area contributed by atoms with E-state index in [-0.39, 0.29) is 43.0 Å². The summed E-state index contributed by atoms with van der Waals surface area (Å²) in [6, 6.07) is 16.4. The third kappa shape index (κ3) is 7.58. The van der Waals surface area contributed by atoms with E-state index in [0.29, 0.717) is 68.2 Å². The minimum atomic E-state index is -0.911. The second kappa shape index (κ2) is 15.2. The summed E-state index contributed by atoms with van der Waals surface area (Å²) in [4.78, 5) is 58.2. The molecule has 1 saturated carbocycles. The van der Waals surface area contributed by atoms with E-state index in [2.05, 4.69) is 15.3 Å². The van der Waals surface area contributed by atoms with Crippen LogP contribution in [0.5, 0.6) is 5.88 Å². The van der Waals surface area contributed by atoms with Gasteiger partial charge in [-0.15, -0.1) is 0 Å². The highest BCUT2D eigenvalue weighted by Crippen LogP contribution is 2.50. The van der Waals surface area contributed by atoms with Gasteiger partial charge in [0.1, 0.15) is 11.4 Å². The maximum Gasteiger partial charge on any atom is 0.410 e. The number of likely N-dealkylation sites (tertiary alicyclic amines) is 1. The molecule has 15 heteroatoms. The van der Waals surface area contributed by atoms with Gasteiger partial charge in [-0.3, -0.25) is 14.7 Å². The van der Waals surface area contributed by atoms with E-state index in [1.807, 2.05) is 75.4 Å². The average molecular weight is 813 g/mol. The molecular weight excluding hydrogens is 769 g/mol. The minimum Gasteiger partial charge on any atom is -0.481 e. The van der Waals surface area contributed by atoms with E-state index in [1.54, 1.807) is 16.0 Å². The summed E-state index contributed by atoms with van der Waals surface area (Å²) >= 11 is 14.3. The Balaban J connectivity index is 1.07. The number of nitrogens with one attached hydrogen (secondary N) is 2. The van der Waals surface area contributed by atoms with Crippen LogP contribution in [0.25, 0.3) is 44.7 Å². The number of rotatable bonds is 9. The van der Waals surface area contributed by atoms with Crippen LogP contribution < -0.4 is 10.1 Å². The van der Waals surface area contributed by atoms with E-state index >= 15 is 0 Å². The first-order valence-electron chi connectivity index (χ1n) is 19.0. The third-order valence-electron chi connectivity index (χ3n) is 11.0. The fraction of sp³-hybridized carbons (Fsp3) is 0.381. The lowest BCUT2D eigenvalue weighted by Gasteiger charge is -2.31. The summed E-state index contributed by atoms with van der Waals surface area (Å²) in [5.74, 6) is 1.19. The molecule has 1 aliphatic carbocycles. The SMILES string of the molecule is COc1nc(-c2cccc(-c3ccnc(-c4ccc5nc([C@@H]6[C@H]7CC[C@H](C7)N6C(=O)O)[nH]c5c4)c3Cl)c2Cl)ccc1CN(C[C@@H]1CCC(=O)N1)C(=O)OC(C)(C)C. The second-order valence-corrected chi connectivity index (χ2v) is 16.7. The first-order chi connectivity index (χ1) is 27.3. The van der Waals surface area contributed by atoms with E-state index in [9.17, 15) is 19.5 Å². The molecule has 3 N–H and O–H groups in total. The zero-order valence-electron chi connectivity index (χ0n) is 32.0. The Labute approximate surface area is 339 Å². The highest BCUT2D eigenvalue weighted by Gasteiger charge is 2.50. The number of pyridine rings is 2. The number of carbonyl (C=O) groups is 3. The molecule has 2 bridgehead atoms. The number of imidazole rings is 1. The monoisotopic (exact) mass is 811 g/mol. The molecule has 2 aliphatic heterocycles. The maximum atomic E-state index is 13.3. The first-order valence-corrected chi connectivity index (χ1v) is 19.8. The predicted molar refractivity (Wildman–Crippen MR) is 216 cm³/mol. The molecular formula is C42H43Cl2N7O6. The zero-order valence-corrected chi connectivity index (χ0v) is 33.5. The smallest absolute Gasteiger partial charge is 0.410 e. The molecule has 5 heterocycles. The summed E-state index contributed by atoms with van der Waals surface area (Å²) in [6.07, 6.45) is 4.06. The van der Waals surface area contributed by atoms with Crippen LogP contribution in [0.2, 0.25) is 10.0 Å². The third-order valence-corrected chi connectivity index (χ3v) is 11.8. The van der Waals surface area contributed by atoms with Crippen molar-refractivity contribution in [2.45, 2.75) is 83.1 Å². The number of carboxylic acid groups (broad SMARTS) is 1. The Hall–Kier alpha value is -5.40. The van der Waals surface area contributed by atoms with Gasteiger partial charge in [-0.1, -0.05) is 47.5 Å². The number of hydrogen-bond acceptors (Lipinski definition) is 8. The van der Waals surface area contributed by atoms with Crippen LogP contribution in [-0.2, 0) is 16.1 Å². The van der Waals surface area contributed by atoms with Crippen LogP contribution in [0.1, 0.15) is 70.3 Å². The predicted octanol–water partition coefficient (Wildman–Crippen LogP) is 8.89. The largest absolute Gasteiger partial charge is 0.481 e. The lowest BCUT2D eigenvalue weighted by Crippen LogP contribution is -2.43. The van der Waals surface area contributed by atoms with Gasteiger partial charge in [0, 0.05) is 59.1 Å². The fourth-order valence-electron chi connectivity index (χ4n) is 8.46. The Kier molecular flexibility index (Phi) is 10.2. The van der Waals surface area contributed by atoms with E-state index in [4.69, 9.17) is 42.6 Å². The van der Waals surface area contributed by atoms with Gasteiger partial charge < -0.3 is 29.8 Å². The van der Waals surface area contributed by atoms with Crippen LogP contribution in [-0.4, -0.2) is 84.3 Å². The molecule has 0 unspecified atom stereocenters. The van der Waals surface area contributed by atoms with Gasteiger partial charge in [-0.05, 0) is 82.7 Å². The summed E-state index contributed by atoms with van der Waals surface area (Å²) < 4.78 is 11.4. The minimum absolute atomic E-state index is 0.0372. The number of piperidine rings is 1. The van der Waals surface area contributed by atoms with E-state index in [0.717, 1.165) is 35.9 Å². The average Bonchev–Trinajstić information content (AvgIpc) is 3.98. The van der Waals surface area contributed by atoms with Crippen molar-refractivity contribution in [2.75, 3.05) is 13.7 Å². The van der Waals surface area contributed by atoms with Crippen molar-refractivity contribution in [3.05, 3.63) is 82.2 Å². The van der Waals surface area contributed by atoms with Gasteiger partial charge >= 0.3 is 12.2 Å². The van der Waals surface area contributed by atoms with Crippen molar-refractivity contribution in [2.24, 2.45) is 5.92 Å². The molecule has 0 radical (unpaired) electrons. The van der Waals surface area contributed by atoms with Crippen molar-refractivity contribution in [1.29, 1.82) is 0 Å². The second-order valence-electron chi connectivity index (χ2n) is 15.9. The molecule has 4 atom stereocenters. The van der Waals surface area contributed by atoms with Gasteiger partial charge in [-0.25, -0.2) is 19.6 Å². The zero-order chi connectivity index (χ0) is 40.2. The van der Waals surface area contributed by atoms with Gasteiger partial charge in [0.2, 0.25) is 11.8 Å². The number of ether oxygens (including phenoxy) is 2. The number of benzene rings is 2. The van der Waals surface area contributed by atoms with Crippen LogP contribution in [0.3, 0.4) is 0 Å². The first kappa shape index (κ1) is 38.5. The van der Waals surface area contributed by atoms with Crippen molar-refractivity contribution in [3.63, 3.8) is 0 Å². The van der Waals surface area contributed by atoms with Crippen LogP contribution in [0.15, 0.2) is 60.8 Å². The molecule has 0 spiro atoms. The Morgan fingerprint density at radius 1 is 1.00 bits per heavy atom. The number of aromatic amines is 1. The normalized spacial score (nSPS) is 20.2. The number of carbonyl (C=O) groups excluding carboxylic acids is 2. The van der Waals surface area contributed by atoms with Crippen molar-refractivity contribution >= 4 is 52.3 Å². The summed E-state index contributed by atoms with van der Waals surface area (Å²) in [6.45, 7) is 5.85. The molecule has 5 aromatic rings. The molecule has 296 valence electrons. The summed E-state index contributed by atoms with van der Waals surface area (Å²) in [5.41, 5.74) is 5.31. The number of H-pyrrole nitrogens is 1. The van der Waals surface area contributed by atoms with Crippen molar-refractivity contribution in [3.8, 4) is 39.5 Å². The highest BCUT2D eigenvalue weighted by molar-refractivity contribution is 6.39. The van der Waals surface area contributed by atoms with Gasteiger partial charge in [0.25, 0.3) is 0 Å². The number of nitrogens with zero attached hydrogens (tertiary/aromatic N) is 5. The molecule has 3 fully saturated rings. The van der Waals surface area contributed by atoms with Crippen LogP contribution in [0, 0.1) is 5.92 Å². The fourth-order valence-corrected chi connectivity index (χ4v) is 9.10. The highest BCUT2D eigenvalue weighted by atomic mass is 35.5. The molecule has 3 amide bonds. The Morgan fingerprint density at radius 2 is 1.79 bits per heavy atom. The van der Waals surface area contributed by atoms with E-state index in [1.165, 1.54) is 7.11 Å². The molecule has 57 heavy (non-hydrogen) atoms. The van der Waals surface area contributed by atoms with Crippen LogP contribution >= 0.6 is 23.2 Å². The van der Waals surface area contributed by atoms with E-state index < -0.39 is 17.8 Å². The molecule has 2 saturated heterocycles. The van der Waals surface area contributed by atoms with Gasteiger partial charge in [0.15, 0.2) is 0 Å². The molecule has 3 aromatic heterocycles. The maximum absolute atomic E-state index is 13.3. The number of halogens is 2. The van der Waals surface area contributed by atoms with Gasteiger partial charge in [0.05, 0.1) is 52.2 Å². The van der Waals surface area contributed by atoms with Gasteiger partial charge in [-0.2, -0.15) is 0 Å². The number of methoxy groups -OCH3 is 1. The lowest BCUT2D eigenvalue weighted by molar-refractivity contribution is -0.119. The molecule has 2 aromatic carbocycles. The Bertz CT molecular complexity index is 2400. The number of aromatic nitrogens is 4. The lowest BCUT2D eigenvalue weighted by atomic mass is 9.98. The summed E-state index contributed by atoms with van der Waals surface area (Å²) in [7, 11) is 1.52. The number of hydrogen-bond donors (Lipinski definition) is 3. The molecule has 8 rings (SSSR count). The number of amides is 3. The topological polar surface area (TPSA) is 163 Å².